The molecule has 0 rings (SSSR count). The fourth-order valence-corrected chi connectivity index (χ4v) is 0.376. The molecule has 0 amide bonds. The summed E-state index contributed by atoms with van der Waals surface area (Å²) in [5.41, 5.74) is 0. The summed E-state index contributed by atoms with van der Waals surface area (Å²) in [4.78, 5) is 1.90. The molecular formula is C3H8ClFeNO. The van der Waals surface area contributed by atoms with Crippen molar-refractivity contribution in [3.8, 4) is 0 Å². The second-order valence-corrected chi connectivity index (χ2v) is 1.63. The van der Waals surface area contributed by atoms with Crippen LogP contribution >= 0.6 is 0 Å². The Morgan fingerprint density at radius 1 is 1.57 bits per heavy atom. The summed E-state index contributed by atoms with van der Waals surface area (Å²) in [6, 6.07) is 0. The van der Waals surface area contributed by atoms with Crippen LogP contribution in [0.2, 0.25) is 0 Å². The van der Waals surface area contributed by atoms with Gasteiger partial charge < -0.3 is 12.4 Å². The van der Waals surface area contributed by atoms with Crippen LogP contribution in [0.1, 0.15) is 0 Å². The molecule has 0 atom stereocenters. The zero-order valence-electron chi connectivity index (χ0n) is 4.29. The maximum absolute atomic E-state index is 4.48. The van der Waals surface area contributed by atoms with Gasteiger partial charge >= 0.3 is 45.9 Å². The third-order valence-corrected chi connectivity index (χ3v) is 0.446. The third-order valence-electron chi connectivity index (χ3n) is 0.304. The first-order chi connectivity index (χ1) is 2.77. The molecule has 4 heteroatoms. The summed E-state index contributed by atoms with van der Waals surface area (Å²) in [6.07, 6.45) is 0. The molecule has 0 saturated heterocycles. The molecule has 0 heterocycles. The van der Waals surface area contributed by atoms with Gasteiger partial charge in [-0.1, -0.05) is 0 Å². The second kappa shape index (κ2) is 6.73. The molecule has 46 valence electrons. The number of hydrogen-bond donors (Lipinski definition) is 0. The van der Waals surface area contributed by atoms with Gasteiger partial charge in [0.2, 0.25) is 0 Å². The van der Waals surface area contributed by atoms with E-state index in [-0.39, 0.29) is 12.4 Å². The van der Waals surface area contributed by atoms with Gasteiger partial charge in [-0.25, -0.2) is 0 Å². The number of halogens is 1. The summed E-state index contributed by atoms with van der Waals surface area (Å²) < 4.78 is 4.48. The van der Waals surface area contributed by atoms with Crippen LogP contribution in [-0.2, 0) is 20.2 Å². The minimum Gasteiger partial charge on any atom is -1.00 e. The molecule has 0 radical (unpaired) electrons. The summed E-state index contributed by atoms with van der Waals surface area (Å²) in [6.45, 7) is 0.597. The normalized spacial score (nSPS) is 8.57. The van der Waals surface area contributed by atoms with E-state index in [1.165, 1.54) is 0 Å². The molecule has 0 fully saturated rings. The van der Waals surface area contributed by atoms with Gasteiger partial charge in [-0.3, -0.25) is 0 Å². The molecule has 0 aromatic carbocycles. The summed E-state index contributed by atoms with van der Waals surface area (Å²) >= 11 is 3.18. The third kappa shape index (κ3) is 10.8. The van der Waals surface area contributed by atoms with E-state index in [9.17, 15) is 0 Å². The maximum atomic E-state index is 4.48. The molecular weight excluding hydrogens is 157 g/mol. The first kappa shape index (κ1) is 10.7. The zero-order valence-corrected chi connectivity index (χ0v) is 6.15. The van der Waals surface area contributed by atoms with Crippen molar-refractivity contribution in [3.05, 3.63) is 0 Å². The van der Waals surface area contributed by atoms with Crippen molar-refractivity contribution in [2.45, 2.75) is 0 Å². The summed E-state index contributed by atoms with van der Waals surface area (Å²) in [7, 11) is 3.84. The van der Waals surface area contributed by atoms with Gasteiger partial charge in [-0.05, 0) is 0 Å². The van der Waals surface area contributed by atoms with Gasteiger partial charge in [0.25, 0.3) is 0 Å². The van der Waals surface area contributed by atoms with Gasteiger partial charge in [0.05, 0.1) is 0 Å². The van der Waals surface area contributed by atoms with Gasteiger partial charge in [0.15, 0.2) is 0 Å². The monoisotopic (exact) mass is 165 g/mol. The summed E-state index contributed by atoms with van der Waals surface area (Å²) in [5.74, 6) is 0. The molecule has 0 aromatic heterocycles. The predicted octanol–water partition coefficient (Wildman–Crippen LogP) is -3.01. The Kier molecular flexibility index (Phi) is 10.3. The zero-order chi connectivity index (χ0) is 4.99. The first-order valence-electron chi connectivity index (χ1n) is 1.64. The van der Waals surface area contributed by atoms with E-state index in [1.807, 2.05) is 19.0 Å². The van der Waals surface area contributed by atoms with Crippen molar-refractivity contribution in [2.75, 3.05) is 20.8 Å². The molecule has 2 nitrogen and oxygen atoms in total. The van der Waals surface area contributed by atoms with Crippen molar-refractivity contribution in [1.82, 2.24) is 4.90 Å². The van der Waals surface area contributed by atoms with Crippen molar-refractivity contribution in [2.24, 2.45) is 0 Å². The largest absolute Gasteiger partial charge is 1.00 e. The molecule has 0 aromatic rings. The van der Waals surface area contributed by atoms with Crippen molar-refractivity contribution >= 4 is 0 Å². The Morgan fingerprint density at radius 3 is 2.00 bits per heavy atom. The van der Waals surface area contributed by atoms with E-state index in [2.05, 4.69) is 20.2 Å². The average molecular weight is 165 g/mol. The Bertz CT molecular complexity index is 36.1. The van der Waals surface area contributed by atoms with Crippen LogP contribution in [0.25, 0.3) is 0 Å². The molecule has 0 unspecified atom stereocenters. The van der Waals surface area contributed by atoms with Crippen LogP contribution in [-0.4, -0.2) is 25.7 Å². The molecule has 0 aliphatic carbocycles. The van der Waals surface area contributed by atoms with Crippen LogP contribution in [0.3, 0.4) is 0 Å². The van der Waals surface area contributed by atoms with E-state index in [1.54, 1.807) is 0 Å². The van der Waals surface area contributed by atoms with Gasteiger partial charge in [-0.2, -0.15) is 0 Å². The fraction of sp³-hybridized carbons (Fsp3) is 1.00. The fourth-order valence-electron chi connectivity index (χ4n) is 0.0913. The van der Waals surface area contributed by atoms with E-state index < -0.39 is 0 Å². The summed E-state index contributed by atoms with van der Waals surface area (Å²) in [5, 5.41) is 0. The quantitative estimate of drug-likeness (QED) is 0.319. The Hall–Kier alpha value is 0.729. The van der Waals surface area contributed by atoms with Crippen LogP contribution < -0.4 is 12.4 Å². The standard InChI is InChI=1S/C3H8NO.ClH.Fe/c1-4(2)3-5;;/h3H2,1-2H3;1H;/q-1;;+2/p-1. The van der Waals surface area contributed by atoms with Crippen molar-refractivity contribution in [3.63, 3.8) is 0 Å². The number of rotatable bonds is 2. The van der Waals surface area contributed by atoms with E-state index >= 15 is 0 Å². The Labute approximate surface area is 58.8 Å². The van der Waals surface area contributed by atoms with Crippen LogP contribution in [0.5, 0.6) is 0 Å². The van der Waals surface area contributed by atoms with Gasteiger partial charge in [-0.15, -0.1) is 0 Å². The Balaban J connectivity index is 0. The van der Waals surface area contributed by atoms with E-state index in [0.717, 1.165) is 0 Å². The maximum Gasteiger partial charge on any atom is -1.00 e. The minimum atomic E-state index is 0. The predicted molar refractivity (Wildman–Crippen MR) is 19.6 cm³/mol. The number of hydrogen-bond acceptors (Lipinski definition) is 2. The van der Waals surface area contributed by atoms with Crippen LogP contribution in [0.4, 0.5) is 0 Å². The van der Waals surface area contributed by atoms with Gasteiger partial charge in [0.1, 0.15) is 0 Å². The molecule has 0 bridgehead atoms. The van der Waals surface area contributed by atoms with Crippen molar-refractivity contribution < 1.29 is 32.6 Å². The second-order valence-electron chi connectivity index (χ2n) is 1.31. The first-order valence-corrected chi connectivity index (χ1v) is 2.09. The molecule has 0 aliphatic rings. The van der Waals surface area contributed by atoms with Crippen LogP contribution in [0.15, 0.2) is 0 Å². The molecule has 0 saturated carbocycles. The van der Waals surface area contributed by atoms with Crippen LogP contribution in [0, 0.1) is 0 Å². The average Bonchev–Trinajstić information content (AvgIpc) is 1.35. The van der Waals surface area contributed by atoms with Gasteiger partial charge in [0, 0.05) is 0 Å². The molecule has 7 heavy (non-hydrogen) atoms. The molecule has 0 spiro atoms. The number of nitrogens with zero attached hydrogens (tertiary/aromatic N) is 1. The van der Waals surface area contributed by atoms with E-state index in [0.29, 0.717) is 6.73 Å². The Morgan fingerprint density at radius 2 is 2.00 bits per heavy atom. The van der Waals surface area contributed by atoms with E-state index in [4.69, 9.17) is 0 Å². The smallest absolute Gasteiger partial charge is 1.00 e. The minimum absolute atomic E-state index is 0. The molecule has 0 N–H and O–H groups in total. The SMILES string of the molecule is CN(C)C[O][Fe+].[Cl-]. The van der Waals surface area contributed by atoms with Crippen molar-refractivity contribution in [1.29, 1.82) is 0 Å². The molecule has 0 aliphatic heterocycles. The topological polar surface area (TPSA) is 12.5 Å².